The number of rotatable bonds is 10. The van der Waals surface area contributed by atoms with Crippen LogP contribution < -0.4 is 5.73 Å². The van der Waals surface area contributed by atoms with E-state index in [4.69, 9.17) is 10.8 Å². The molecule has 8 heteroatoms. The highest BCUT2D eigenvalue weighted by Crippen LogP contribution is 2.26. The highest BCUT2D eigenvalue weighted by Gasteiger charge is 2.34. The number of nitrogens with zero attached hydrogens (tertiary/aromatic N) is 1. The van der Waals surface area contributed by atoms with Gasteiger partial charge in [-0.05, 0) is 31.4 Å². The Morgan fingerprint density at radius 3 is 2.26 bits per heavy atom. The Morgan fingerprint density at radius 1 is 1.19 bits per heavy atom. The average Bonchev–Trinajstić information content (AvgIpc) is 2.82. The maximum atomic E-state index is 12.2. The average molecular weight is 392 g/mol. The molecule has 0 radical (unpaired) electrons. The number of hydrogen-bond donors (Lipinski definition) is 3. The van der Waals surface area contributed by atoms with Crippen LogP contribution in [-0.2, 0) is 9.59 Å². The van der Waals surface area contributed by atoms with Crippen molar-refractivity contribution in [2.75, 3.05) is 6.54 Å². The van der Waals surface area contributed by atoms with Gasteiger partial charge in [-0.25, -0.2) is 0 Å². The van der Waals surface area contributed by atoms with E-state index >= 15 is 0 Å². The van der Waals surface area contributed by atoms with Crippen LogP contribution in [0.5, 0.6) is 0 Å². The lowest BCUT2D eigenvalue weighted by atomic mass is 9.94. The molecule has 1 aromatic rings. The Bertz CT molecular complexity index is 727. The molecule has 1 aliphatic rings. The molecule has 3 N–H and O–H groups in total. The zero-order valence-corrected chi connectivity index (χ0v) is 16.1. The fourth-order valence-corrected chi connectivity index (χ4v) is 3.55. The van der Waals surface area contributed by atoms with Gasteiger partial charge in [0.2, 0.25) is 0 Å². The van der Waals surface area contributed by atoms with Crippen LogP contribution >= 0.6 is 12.6 Å². The minimum Gasteiger partial charge on any atom is -0.480 e. The molecule has 0 aliphatic carbocycles. The van der Waals surface area contributed by atoms with Crippen molar-refractivity contribution in [3.05, 3.63) is 35.4 Å². The van der Waals surface area contributed by atoms with Gasteiger partial charge in [0.1, 0.15) is 11.8 Å². The van der Waals surface area contributed by atoms with E-state index in [2.05, 4.69) is 12.6 Å². The molecule has 0 fully saturated rings. The van der Waals surface area contributed by atoms with E-state index in [1.54, 1.807) is 31.2 Å². The van der Waals surface area contributed by atoms with Crippen LogP contribution in [0, 0.1) is 0 Å². The van der Waals surface area contributed by atoms with Gasteiger partial charge in [0.15, 0.2) is 0 Å². The van der Waals surface area contributed by atoms with Crippen molar-refractivity contribution in [2.45, 2.75) is 49.8 Å². The molecular weight excluding hydrogens is 368 g/mol. The largest absolute Gasteiger partial charge is 0.480 e. The third-order valence-corrected chi connectivity index (χ3v) is 4.86. The van der Waals surface area contributed by atoms with Crippen molar-refractivity contribution in [3.63, 3.8) is 0 Å². The molecule has 0 aromatic heterocycles. The molecule has 2 amide bonds. The number of carbonyl (C=O) groups is 4. The summed E-state index contributed by atoms with van der Waals surface area (Å²) in [4.78, 5) is 48.7. The second-order valence-electron chi connectivity index (χ2n) is 7.13. The van der Waals surface area contributed by atoms with E-state index in [1.807, 2.05) is 0 Å². The van der Waals surface area contributed by atoms with E-state index in [0.29, 0.717) is 24.0 Å². The molecule has 0 saturated carbocycles. The number of carboxylic acid groups (broad SMARTS) is 1. The van der Waals surface area contributed by atoms with Crippen LogP contribution in [0.15, 0.2) is 24.3 Å². The number of Topliss-reactive ketones (excluding diaryl/α,β-unsaturated/α-hetero) is 1. The quantitative estimate of drug-likeness (QED) is 0.318. The molecular formula is C19H24N2O5S. The summed E-state index contributed by atoms with van der Waals surface area (Å²) in [6.07, 6.45) is 1.54. The third-order valence-electron chi connectivity index (χ3n) is 4.52. The van der Waals surface area contributed by atoms with Crippen LogP contribution in [0.4, 0.5) is 0 Å². The lowest BCUT2D eigenvalue weighted by Gasteiger charge is -2.24. The number of hydrogen-bond acceptors (Lipinski definition) is 6. The first-order chi connectivity index (χ1) is 12.6. The minimum absolute atomic E-state index is 0.0487. The summed E-state index contributed by atoms with van der Waals surface area (Å²) in [5.41, 5.74) is 6.33. The van der Waals surface area contributed by atoms with Crippen molar-refractivity contribution in [1.82, 2.24) is 4.90 Å². The summed E-state index contributed by atoms with van der Waals surface area (Å²) in [5.74, 6) is -1.77. The number of thiol groups is 1. The third kappa shape index (κ3) is 5.40. The Balaban J connectivity index is 1.76. The number of imide groups is 1. The number of unbranched alkanes of at least 4 members (excludes halogenated alkanes) is 1. The van der Waals surface area contributed by atoms with Gasteiger partial charge in [-0.2, -0.15) is 12.6 Å². The van der Waals surface area contributed by atoms with Gasteiger partial charge in [0, 0.05) is 24.1 Å². The highest BCUT2D eigenvalue weighted by atomic mass is 32.1. The first-order valence-electron chi connectivity index (χ1n) is 8.80. The van der Waals surface area contributed by atoms with E-state index in [0.717, 1.165) is 0 Å². The number of ketones is 1. The molecule has 1 unspecified atom stereocenters. The number of aliphatic carboxylic acids is 1. The second-order valence-corrected chi connectivity index (χ2v) is 8.21. The molecule has 7 nitrogen and oxygen atoms in total. The number of benzene rings is 1. The highest BCUT2D eigenvalue weighted by molar-refractivity contribution is 7.81. The number of amides is 2. The molecule has 0 spiro atoms. The predicted molar refractivity (Wildman–Crippen MR) is 103 cm³/mol. The van der Waals surface area contributed by atoms with E-state index in [9.17, 15) is 19.2 Å². The fourth-order valence-electron chi connectivity index (χ4n) is 3.18. The first-order valence-corrected chi connectivity index (χ1v) is 9.25. The zero-order valence-electron chi connectivity index (χ0n) is 15.2. The Labute approximate surface area is 163 Å². The number of nitrogens with two attached hydrogens (primary N) is 1. The Hall–Kier alpha value is -2.19. The monoisotopic (exact) mass is 392 g/mol. The van der Waals surface area contributed by atoms with E-state index < -0.39 is 16.8 Å². The number of carboxylic acids is 1. The van der Waals surface area contributed by atoms with Crippen LogP contribution in [0.2, 0.25) is 0 Å². The lowest BCUT2D eigenvalue weighted by Crippen LogP contribution is -2.38. The zero-order chi connectivity index (χ0) is 20.2. The van der Waals surface area contributed by atoms with E-state index in [1.165, 1.54) is 4.90 Å². The van der Waals surface area contributed by atoms with Crippen LogP contribution in [0.3, 0.4) is 0 Å². The molecule has 0 saturated heterocycles. The maximum Gasteiger partial charge on any atom is 0.320 e. The van der Waals surface area contributed by atoms with Crippen molar-refractivity contribution < 1.29 is 24.3 Å². The van der Waals surface area contributed by atoms with Crippen molar-refractivity contribution in [1.29, 1.82) is 0 Å². The van der Waals surface area contributed by atoms with E-state index in [-0.39, 0.29) is 43.4 Å². The summed E-state index contributed by atoms with van der Waals surface area (Å²) in [5, 5.41) is 8.86. The van der Waals surface area contributed by atoms with Gasteiger partial charge < -0.3 is 10.8 Å². The Morgan fingerprint density at radius 2 is 1.74 bits per heavy atom. The van der Waals surface area contributed by atoms with Crippen molar-refractivity contribution in [3.8, 4) is 0 Å². The van der Waals surface area contributed by atoms with Gasteiger partial charge in [0.25, 0.3) is 11.8 Å². The molecule has 2 rings (SSSR count). The molecule has 1 heterocycles. The smallest absolute Gasteiger partial charge is 0.320 e. The van der Waals surface area contributed by atoms with Crippen molar-refractivity contribution >= 4 is 36.2 Å². The maximum absolute atomic E-state index is 12.2. The molecule has 2 atom stereocenters. The summed E-state index contributed by atoms with van der Waals surface area (Å²) in [6, 6.07) is 5.64. The minimum atomic E-state index is -1.12. The van der Waals surface area contributed by atoms with Gasteiger partial charge in [-0.3, -0.25) is 24.1 Å². The van der Waals surface area contributed by atoms with Gasteiger partial charge in [0.05, 0.1) is 11.1 Å². The van der Waals surface area contributed by atoms with Crippen LogP contribution in [-0.4, -0.2) is 50.9 Å². The van der Waals surface area contributed by atoms with Crippen molar-refractivity contribution in [2.24, 2.45) is 5.73 Å². The SMILES string of the molecule is CC(S)(CC(=O)CCCCN1C(=O)c2ccccc2C1=O)C[C@H](N)C(=O)O. The lowest BCUT2D eigenvalue weighted by molar-refractivity contribution is -0.139. The van der Waals surface area contributed by atoms with Crippen LogP contribution in [0.25, 0.3) is 0 Å². The number of fused-ring (bicyclic) bond motifs is 1. The number of carbonyl (C=O) groups excluding carboxylic acids is 3. The topological polar surface area (TPSA) is 118 Å². The summed E-state index contributed by atoms with van der Waals surface area (Å²) >= 11 is 4.37. The summed E-state index contributed by atoms with van der Waals surface area (Å²) in [6.45, 7) is 1.96. The second kappa shape index (κ2) is 8.67. The summed E-state index contributed by atoms with van der Waals surface area (Å²) in [7, 11) is 0. The standard InChI is InChI=1S/C19H24N2O5S/c1-19(27,11-15(20)18(25)26)10-12(22)6-4-5-9-21-16(23)13-7-2-3-8-14(13)17(21)24/h2-3,7-8,15,27H,4-6,9-11,20H2,1H3,(H,25,26)/t15-,19?/m0/s1. The summed E-state index contributed by atoms with van der Waals surface area (Å²) < 4.78 is -0.794. The van der Waals surface area contributed by atoms with Gasteiger partial charge >= 0.3 is 5.97 Å². The first kappa shape index (κ1) is 21.1. The molecule has 27 heavy (non-hydrogen) atoms. The predicted octanol–water partition coefficient (Wildman–Crippen LogP) is 1.90. The molecule has 1 aromatic carbocycles. The fraction of sp³-hybridized carbons (Fsp3) is 0.474. The molecule has 1 aliphatic heterocycles. The normalized spacial score (nSPS) is 16.8. The van der Waals surface area contributed by atoms with Gasteiger partial charge in [-0.1, -0.05) is 19.1 Å². The molecule has 0 bridgehead atoms. The van der Waals surface area contributed by atoms with Gasteiger partial charge in [-0.15, -0.1) is 0 Å². The Kier molecular flexibility index (Phi) is 6.78. The van der Waals surface area contributed by atoms with Crippen LogP contribution in [0.1, 0.15) is 59.7 Å². The molecule has 146 valence electrons.